The minimum absolute atomic E-state index is 0.0175. The number of β-amino-alcohol motifs (C(OH)–C–C–N with tert-alkyl or cyclic N) is 1. The standard InChI is InChI=1S/C14H29N3O2/c1-6-13(3,4)16-12(18)11(2)17(5)10-14(19)7-8-15-9-14/h11,15,19H,6-10H2,1-5H3,(H,16,18). The zero-order valence-corrected chi connectivity index (χ0v) is 12.9. The van der Waals surface area contributed by atoms with Gasteiger partial charge in [0.25, 0.3) is 0 Å². The van der Waals surface area contributed by atoms with Crippen molar-refractivity contribution in [2.24, 2.45) is 0 Å². The van der Waals surface area contributed by atoms with Crippen LogP contribution < -0.4 is 10.6 Å². The van der Waals surface area contributed by atoms with E-state index in [1.807, 2.05) is 32.7 Å². The molecule has 1 heterocycles. The van der Waals surface area contributed by atoms with Gasteiger partial charge >= 0.3 is 0 Å². The van der Waals surface area contributed by atoms with Crippen molar-refractivity contribution in [3.05, 3.63) is 0 Å². The Morgan fingerprint density at radius 2 is 2.21 bits per heavy atom. The van der Waals surface area contributed by atoms with Crippen LogP contribution >= 0.6 is 0 Å². The molecule has 0 spiro atoms. The van der Waals surface area contributed by atoms with Crippen LogP contribution in [0, 0.1) is 0 Å². The molecule has 1 amide bonds. The average Bonchev–Trinajstić information content (AvgIpc) is 2.74. The van der Waals surface area contributed by atoms with Crippen molar-refractivity contribution < 1.29 is 9.90 Å². The van der Waals surface area contributed by atoms with E-state index in [4.69, 9.17) is 0 Å². The van der Waals surface area contributed by atoms with E-state index in [9.17, 15) is 9.90 Å². The number of carbonyl (C=O) groups excluding carboxylic acids is 1. The van der Waals surface area contributed by atoms with Crippen LogP contribution in [-0.2, 0) is 4.79 Å². The lowest BCUT2D eigenvalue weighted by Gasteiger charge is -2.33. The third-order valence-electron chi connectivity index (χ3n) is 4.15. The van der Waals surface area contributed by atoms with Crippen LogP contribution in [0.3, 0.4) is 0 Å². The monoisotopic (exact) mass is 271 g/mol. The number of likely N-dealkylation sites (N-methyl/N-ethyl adjacent to an activating group) is 1. The van der Waals surface area contributed by atoms with Crippen LogP contribution in [0.1, 0.15) is 40.5 Å². The Morgan fingerprint density at radius 3 is 2.68 bits per heavy atom. The van der Waals surface area contributed by atoms with Crippen molar-refractivity contribution in [3.63, 3.8) is 0 Å². The van der Waals surface area contributed by atoms with Gasteiger partial charge in [-0.1, -0.05) is 6.92 Å². The molecule has 1 rings (SSSR count). The van der Waals surface area contributed by atoms with E-state index in [2.05, 4.69) is 17.6 Å². The van der Waals surface area contributed by atoms with E-state index >= 15 is 0 Å². The molecule has 1 saturated heterocycles. The summed E-state index contributed by atoms with van der Waals surface area (Å²) in [6, 6.07) is -0.240. The van der Waals surface area contributed by atoms with Crippen LogP contribution in [0.5, 0.6) is 0 Å². The molecule has 112 valence electrons. The van der Waals surface area contributed by atoms with Gasteiger partial charge < -0.3 is 15.7 Å². The molecule has 19 heavy (non-hydrogen) atoms. The lowest BCUT2D eigenvalue weighted by Crippen LogP contribution is -2.54. The Labute approximate surface area is 116 Å². The fraction of sp³-hybridized carbons (Fsp3) is 0.929. The predicted octanol–water partition coefficient (Wildman–Crippen LogP) is 0.336. The van der Waals surface area contributed by atoms with Gasteiger partial charge in [-0.2, -0.15) is 0 Å². The summed E-state index contributed by atoms with van der Waals surface area (Å²) >= 11 is 0. The number of nitrogens with zero attached hydrogens (tertiary/aromatic N) is 1. The van der Waals surface area contributed by atoms with E-state index in [0.717, 1.165) is 19.4 Å². The Hall–Kier alpha value is -0.650. The van der Waals surface area contributed by atoms with E-state index in [-0.39, 0.29) is 17.5 Å². The minimum atomic E-state index is -0.705. The molecule has 1 aliphatic rings. The highest BCUT2D eigenvalue weighted by Crippen LogP contribution is 2.17. The van der Waals surface area contributed by atoms with Gasteiger partial charge in [0.05, 0.1) is 11.6 Å². The third-order valence-corrected chi connectivity index (χ3v) is 4.15. The Morgan fingerprint density at radius 1 is 1.58 bits per heavy atom. The first kappa shape index (κ1) is 16.4. The van der Waals surface area contributed by atoms with Crippen LogP contribution in [0.15, 0.2) is 0 Å². The minimum Gasteiger partial charge on any atom is -0.387 e. The van der Waals surface area contributed by atoms with Gasteiger partial charge in [-0.05, 0) is 47.2 Å². The van der Waals surface area contributed by atoms with Crippen molar-refractivity contribution in [2.75, 3.05) is 26.7 Å². The van der Waals surface area contributed by atoms with Crippen molar-refractivity contribution in [1.82, 2.24) is 15.5 Å². The lowest BCUT2D eigenvalue weighted by atomic mass is 10.0. The van der Waals surface area contributed by atoms with Crippen LogP contribution in [0.25, 0.3) is 0 Å². The number of hydrogen-bond donors (Lipinski definition) is 3. The molecule has 2 atom stereocenters. The van der Waals surface area contributed by atoms with Gasteiger partial charge in [-0.25, -0.2) is 0 Å². The summed E-state index contributed by atoms with van der Waals surface area (Å²) in [4.78, 5) is 14.1. The van der Waals surface area contributed by atoms with Gasteiger partial charge in [0.15, 0.2) is 0 Å². The SMILES string of the molecule is CCC(C)(C)NC(=O)C(C)N(C)CC1(O)CCNC1. The molecule has 0 aliphatic carbocycles. The maximum Gasteiger partial charge on any atom is 0.237 e. The van der Waals surface area contributed by atoms with Gasteiger partial charge in [0.2, 0.25) is 5.91 Å². The molecular weight excluding hydrogens is 242 g/mol. The largest absolute Gasteiger partial charge is 0.387 e. The Balaban J connectivity index is 2.51. The second-order valence-corrected chi connectivity index (χ2v) is 6.47. The van der Waals surface area contributed by atoms with Crippen LogP contribution in [0.4, 0.5) is 0 Å². The highest BCUT2D eigenvalue weighted by Gasteiger charge is 2.34. The first-order valence-electron chi connectivity index (χ1n) is 7.14. The van der Waals surface area contributed by atoms with Crippen LogP contribution in [0.2, 0.25) is 0 Å². The van der Waals surface area contributed by atoms with Crippen molar-refractivity contribution in [2.45, 2.75) is 57.7 Å². The molecule has 0 bridgehead atoms. The molecule has 1 fully saturated rings. The van der Waals surface area contributed by atoms with Gasteiger partial charge in [-0.3, -0.25) is 9.69 Å². The molecule has 3 N–H and O–H groups in total. The molecule has 2 unspecified atom stereocenters. The normalized spacial score (nSPS) is 25.6. The molecule has 0 aromatic carbocycles. The maximum absolute atomic E-state index is 12.2. The molecule has 1 aliphatic heterocycles. The number of aliphatic hydroxyl groups is 1. The second-order valence-electron chi connectivity index (χ2n) is 6.47. The third kappa shape index (κ3) is 4.75. The fourth-order valence-corrected chi connectivity index (χ4v) is 2.19. The Kier molecular flexibility index (Phi) is 5.35. The molecule has 5 heteroatoms. The van der Waals surface area contributed by atoms with Crippen LogP contribution in [-0.4, -0.2) is 59.8 Å². The van der Waals surface area contributed by atoms with E-state index < -0.39 is 5.60 Å². The highest BCUT2D eigenvalue weighted by molar-refractivity contribution is 5.81. The van der Waals surface area contributed by atoms with Gasteiger partial charge in [0, 0.05) is 18.6 Å². The van der Waals surface area contributed by atoms with Crippen molar-refractivity contribution in [3.8, 4) is 0 Å². The second kappa shape index (κ2) is 6.20. The van der Waals surface area contributed by atoms with Gasteiger partial charge in [-0.15, -0.1) is 0 Å². The maximum atomic E-state index is 12.2. The molecule has 5 nitrogen and oxygen atoms in total. The van der Waals surface area contributed by atoms with Crippen molar-refractivity contribution >= 4 is 5.91 Å². The lowest BCUT2D eigenvalue weighted by molar-refractivity contribution is -0.128. The number of rotatable bonds is 6. The first-order valence-corrected chi connectivity index (χ1v) is 7.14. The van der Waals surface area contributed by atoms with Gasteiger partial charge in [0.1, 0.15) is 0 Å². The predicted molar refractivity (Wildman–Crippen MR) is 77.0 cm³/mol. The number of amides is 1. The number of hydrogen-bond acceptors (Lipinski definition) is 4. The molecule has 0 aromatic rings. The van der Waals surface area contributed by atoms with E-state index in [0.29, 0.717) is 13.1 Å². The quantitative estimate of drug-likeness (QED) is 0.652. The van der Waals surface area contributed by atoms with Crippen molar-refractivity contribution in [1.29, 1.82) is 0 Å². The summed E-state index contributed by atoms with van der Waals surface area (Å²) in [6.07, 6.45) is 1.63. The smallest absolute Gasteiger partial charge is 0.237 e. The van der Waals surface area contributed by atoms with E-state index in [1.165, 1.54) is 0 Å². The summed E-state index contributed by atoms with van der Waals surface area (Å²) in [5, 5.41) is 16.5. The summed E-state index contributed by atoms with van der Waals surface area (Å²) in [7, 11) is 1.89. The first-order chi connectivity index (χ1) is 8.69. The number of carbonyl (C=O) groups is 1. The highest BCUT2D eigenvalue weighted by atomic mass is 16.3. The molecule has 0 aromatic heterocycles. The Bertz CT molecular complexity index is 312. The number of nitrogens with one attached hydrogen (secondary N) is 2. The zero-order valence-electron chi connectivity index (χ0n) is 12.9. The summed E-state index contributed by atoms with van der Waals surface area (Å²) in [6.45, 7) is 9.94. The fourth-order valence-electron chi connectivity index (χ4n) is 2.19. The summed E-state index contributed by atoms with van der Waals surface area (Å²) in [5.41, 5.74) is -0.887. The molecular formula is C14H29N3O2. The molecule has 0 saturated carbocycles. The van der Waals surface area contributed by atoms with E-state index in [1.54, 1.807) is 0 Å². The summed E-state index contributed by atoms with van der Waals surface area (Å²) < 4.78 is 0. The molecule has 0 radical (unpaired) electrons. The zero-order chi connectivity index (χ0) is 14.7. The topological polar surface area (TPSA) is 64.6 Å². The summed E-state index contributed by atoms with van der Waals surface area (Å²) in [5.74, 6) is 0.0175. The average molecular weight is 271 g/mol.